The first kappa shape index (κ1) is 23.6. The van der Waals surface area contributed by atoms with Crippen LogP contribution in [0.15, 0.2) is 46.3 Å². The fourth-order valence-corrected chi connectivity index (χ4v) is 8.47. The van der Waals surface area contributed by atoms with Crippen molar-refractivity contribution in [3.8, 4) is 0 Å². The molecule has 184 valence electrons. The van der Waals surface area contributed by atoms with Gasteiger partial charge in [0.1, 0.15) is 0 Å². The maximum atomic E-state index is 13.2. The second-order valence-corrected chi connectivity index (χ2v) is 12.5. The topological polar surface area (TPSA) is 55.4 Å². The normalized spacial score (nSPS) is 41.2. The molecule has 0 aromatic carbocycles. The molecule has 0 radical (unpaired) electrons. The number of hydrogen-bond acceptors (Lipinski definition) is 3. The molecule has 0 spiro atoms. The van der Waals surface area contributed by atoms with Gasteiger partial charge >= 0.3 is 6.09 Å². The average Bonchev–Trinajstić information content (AvgIpc) is 2.78. The summed E-state index contributed by atoms with van der Waals surface area (Å²) in [6.45, 7) is 14.1. The molecule has 3 saturated carbocycles. The summed E-state index contributed by atoms with van der Waals surface area (Å²) >= 11 is 0. The van der Waals surface area contributed by atoms with Crippen LogP contribution >= 0.6 is 0 Å². The highest BCUT2D eigenvalue weighted by atomic mass is 16.6. The van der Waals surface area contributed by atoms with Crippen LogP contribution in [0.4, 0.5) is 4.79 Å². The molecule has 5 aliphatic rings. The number of amides is 1. The van der Waals surface area contributed by atoms with Gasteiger partial charge in [-0.25, -0.2) is 4.79 Å². The number of carbonyl (C=O) groups excluding carboxylic acids is 2. The van der Waals surface area contributed by atoms with E-state index in [1.165, 1.54) is 44.1 Å². The van der Waals surface area contributed by atoms with Crippen LogP contribution in [0.3, 0.4) is 0 Å². The van der Waals surface area contributed by atoms with Gasteiger partial charge in [0, 0.05) is 17.5 Å². The average molecular weight is 464 g/mol. The lowest BCUT2D eigenvalue weighted by Gasteiger charge is -2.64. The van der Waals surface area contributed by atoms with Crippen LogP contribution in [0, 0.1) is 34.0 Å². The number of ketones is 1. The standard InChI is InChI=1S/C30H41NO3/c1-7-31-27(33)34-26-19(3)20-8-9-25-29(5,22(20)17-24(26)32)13-11-21-23-16-18(2)10-12-28(23,4)14-15-30(21,25)6/h8-9,17-18,21,23H,7,10-16H2,1-6H3,(H,31,33). The third-order valence-corrected chi connectivity index (χ3v) is 10.5. The molecule has 6 atom stereocenters. The molecular weight excluding hydrogens is 422 g/mol. The Labute approximate surface area is 205 Å². The van der Waals surface area contributed by atoms with Crippen molar-refractivity contribution in [2.75, 3.05) is 6.54 Å². The summed E-state index contributed by atoms with van der Waals surface area (Å²) in [5, 5.41) is 2.62. The highest BCUT2D eigenvalue weighted by Gasteiger charge is 2.60. The largest absolute Gasteiger partial charge is 0.412 e. The lowest BCUT2D eigenvalue weighted by Crippen LogP contribution is -2.55. The van der Waals surface area contributed by atoms with Gasteiger partial charge in [-0.05, 0) is 98.2 Å². The highest BCUT2D eigenvalue weighted by molar-refractivity contribution is 6.08. The van der Waals surface area contributed by atoms with E-state index < -0.39 is 6.09 Å². The van der Waals surface area contributed by atoms with Crippen molar-refractivity contribution in [2.45, 2.75) is 86.5 Å². The van der Waals surface area contributed by atoms with Crippen LogP contribution in [0.1, 0.15) is 86.5 Å². The molecule has 6 unspecified atom stereocenters. The second kappa shape index (κ2) is 7.96. The van der Waals surface area contributed by atoms with Gasteiger partial charge in [0.05, 0.1) is 0 Å². The number of carbonyl (C=O) groups is 2. The molecule has 1 N–H and O–H groups in total. The van der Waals surface area contributed by atoms with Gasteiger partial charge in [-0.2, -0.15) is 0 Å². The minimum absolute atomic E-state index is 0.141. The van der Waals surface area contributed by atoms with E-state index in [1.54, 1.807) is 6.08 Å². The van der Waals surface area contributed by atoms with Crippen LogP contribution in [-0.4, -0.2) is 18.4 Å². The van der Waals surface area contributed by atoms with E-state index in [0.29, 0.717) is 12.0 Å². The first-order valence-electron chi connectivity index (χ1n) is 13.4. The van der Waals surface area contributed by atoms with Crippen LogP contribution < -0.4 is 5.32 Å². The third-order valence-electron chi connectivity index (χ3n) is 10.5. The summed E-state index contributed by atoms with van der Waals surface area (Å²) < 4.78 is 5.43. The maximum Gasteiger partial charge on any atom is 0.412 e. The summed E-state index contributed by atoms with van der Waals surface area (Å²) in [7, 11) is 0. The van der Waals surface area contributed by atoms with Crippen molar-refractivity contribution in [3.05, 3.63) is 46.3 Å². The molecule has 0 saturated heterocycles. The SMILES string of the molecule is CCNC(=O)OC1=C(C)C2=CC=C3C(C)(CCC4C5CC(C)CCC5(C)CCC34C)C2=CC1=O. The zero-order chi connectivity index (χ0) is 24.5. The molecule has 1 amide bonds. The summed E-state index contributed by atoms with van der Waals surface area (Å²) in [6.07, 6.45) is 14.7. The smallest absolute Gasteiger partial charge is 0.406 e. The fraction of sp³-hybridized carbons (Fsp3) is 0.667. The van der Waals surface area contributed by atoms with Crippen molar-refractivity contribution >= 4 is 11.9 Å². The molecule has 0 aliphatic heterocycles. The van der Waals surface area contributed by atoms with Crippen molar-refractivity contribution in [1.29, 1.82) is 0 Å². The maximum absolute atomic E-state index is 13.2. The van der Waals surface area contributed by atoms with Gasteiger partial charge in [-0.3, -0.25) is 4.79 Å². The summed E-state index contributed by atoms with van der Waals surface area (Å²) in [5.74, 6) is 2.31. The molecule has 4 heteroatoms. The Hall–Kier alpha value is -2.10. The van der Waals surface area contributed by atoms with Crippen molar-refractivity contribution in [1.82, 2.24) is 5.32 Å². The molecule has 0 heterocycles. The van der Waals surface area contributed by atoms with E-state index in [2.05, 4.69) is 45.2 Å². The molecule has 5 aliphatic carbocycles. The minimum Gasteiger partial charge on any atom is -0.406 e. The van der Waals surface area contributed by atoms with E-state index in [1.807, 2.05) is 13.8 Å². The lowest BCUT2D eigenvalue weighted by atomic mass is 9.40. The number of alkyl carbamates (subject to hydrolysis) is 1. The minimum atomic E-state index is -0.569. The zero-order valence-corrected chi connectivity index (χ0v) is 21.8. The first-order chi connectivity index (χ1) is 16.0. The van der Waals surface area contributed by atoms with Gasteiger partial charge < -0.3 is 10.1 Å². The van der Waals surface area contributed by atoms with E-state index >= 15 is 0 Å². The van der Waals surface area contributed by atoms with Crippen molar-refractivity contribution in [2.24, 2.45) is 34.0 Å². The van der Waals surface area contributed by atoms with Gasteiger partial charge in [-0.15, -0.1) is 0 Å². The molecule has 34 heavy (non-hydrogen) atoms. The number of allylic oxidation sites excluding steroid dienone is 7. The zero-order valence-electron chi connectivity index (χ0n) is 21.8. The Bertz CT molecular complexity index is 1060. The van der Waals surface area contributed by atoms with Gasteiger partial charge in [0.25, 0.3) is 0 Å². The number of hydrogen-bond donors (Lipinski definition) is 1. The van der Waals surface area contributed by atoms with Gasteiger partial charge in [0.2, 0.25) is 5.78 Å². The highest BCUT2D eigenvalue weighted by Crippen LogP contribution is 2.69. The van der Waals surface area contributed by atoms with E-state index in [-0.39, 0.29) is 22.4 Å². The van der Waals surface area contributed by atoms with Gasteiger partial charge in [-0.1, -0.05) is 51.8 Å². The number of ether oxygens (including phenoxy) is 1. The lowest BCUT2D eigenvalue weighted by molar-refractivity contribution is -0.114. The fourth-order valence-electron chi connectivity index (χ4n) is 8.47. The molecule has 4 nitrogen and oxygen atoms in total. The molecular formula is C30H41NO3. The predicted molar refractivity (Wildman–Crippen MR) is 135 cm³/mol. The van der Waals surface area contributed by atoms with Crippen LogP contribution in [0.25, 0.3) is 0 Å². The number of fused-ring (bicyclic) bond motifs is 7. The Balaban J connectivity index is 1.54. The molecule has 0 aromatic heterocycles. The van der Waals surface area contributed by atoms with E-state index in [0.717, 1.165) is 40.9 Å². The van der Waals surface area contributed by atoms with Crippen LogP contribution in [-0.2, 0) is 9.53 Å². The van der Waals surface area contributed by atoms with Crippen molar-refractivity contribution < 1.29 is 14.3 Å². The Morgan fingerprint density at radius 1 is 1.09 bits per heavy atom. The molecule has 3 fully saturated rings. The first-order valence-corrected chi connectivity index (χ1v) is 13.4. The Kier molecular flexibility index (Phi) is 5.53. The second-order valence-electron chi connectivity index (χ2n) is 12.5. The molecule has 0 aromatic rings. The van der Waals surface area contributed by atoms with E-state index in [9.17, 15) is 9.59 Å². The van der Waals surface area contributed by atoms with Crippen LogP contribution in [0.5, 0.6) is 0 Å². The molecule has 0 bridgehead atoms. The number of nitrogens with one attached hydrogen (secondary N) is 1. The molecule has 5 rings (SSSR count). The monoisotopic (exact) mass is 463 g/mol. The Morgan fingerprint density at radius 2 is 1.85 bits per heavy atom. The summed E-state index contributed by atoms with van der Waals surface area (Å²) in [6, 6.07) is 0. The predicted octanol–water partition coefficient (Wildman–Crippen LogP) is 7.04. The summed E-state index contributed by atoms with van der Waals surface area (Å²) in [4.78, 5) is 25.2. The quantitative estimate of drug-likeness (QED) is 0.478. The van der Waals surface area contributed by atoms with Crippen molar-refractivity contribution in [3.63, 3.8) is 0 Å². The van der Waals surface area contributed by atoms with Crippen LogP contribution in [0.2, 0.25) is 0 Å². The Morgan fingerprint density at radius 3 is 2.59 bits per heavy atom. The number of rotatable bonds is 2. The summed E-state index contributed by atoms with van der Waals surface area (Å²) in [5.41, 5.74) is 5.01. The van der Waals surface area contributed by atoms with Gasteiger partial charge in [0.15, 0.2) is 5.76 Å². The van der Waals surface area contributed by atoms with E-state index in [4.69, 9.17) is 4.74 Å². The third kappa shape index (κ3) is 3.31.